The van der Waals surface area contributed by atoms with Crippen LogP contribution in [0.3, 0.4) is 0 Å². The summed E-state index contributed by atoms with van der Waals surface area (Å²) in [6.07, 6.45) is 0. The predicted octanol–water partition coefficient (Wildman–Crippen LogP) is 5.47. The van der Waals surface area contributed by atoms with Crippen LogP contribution in [0.25, 0.3) is 0 Å². The molecule has 1 aliphatic heterocycles. The molecule has 1 amide bonds. The number of halogens is 1. The zero-order valence-corrected chi connectivity index (χ0v) is 20.4. The third-order valence-corrected chi connectivity index (χ3v) is 6.51. The summed E-state index contributed by atoms with van der Waals surface area (Å²) in [7, 11) is 1.64. The SMILES string of the molecule is COc1ccc(CN(Cc2ccc3c(c2)OCO3)Cc2nc(C(=O)Nc3ccccc3F)cs2)cc1. The van der Waals surface area contributed by atoms with Gasteiger partial charge in [0, 0.05) is 18.5 Å². The van der Waals surface area contributed by atoms with Gasteiger partial charge >= 0.3 is 0 Å². The van der Waals surface area contributed by atoms with Crippen LogP contribution in [0.2, 0.25) is 0 Å². The van der Waals surface area contributed by atoms with Crippen molar-refractivity contribution in [1.82, 2.24) is 9.88 Å². The molecular weight excluding hydrogens is 481 g/mol. The van der Waals surface area contributed by atoms with Gasteiger partial charge in [0.1, 0.15) is 22.3 Å². The van der Waals surface area contributed by atoms with Gasteiger partial charge in [0.2, 0.25) is 6.79 Å². The largest absolute Gasteiger partial charge is 0.497 e. The summed E-state index contributed by atoms with van der Waals surface area (Å²) in [5.41, 5.74) is 2.57. The van der Waals surface area contributed by atoms with Crippen LogP contribution in [0, 0.1) is 5.82 Å². The second kappa shape index (κ2) is 10.8. The van der Waals surface area contributed by atoms with E-state index in [0.29, 0.717) is 19.6 Å². The van der Waals surface area contributed by atoms with Crippen LogP contribution in [-0.2, 0) is 19.6 Å². The quantitative estimate of drug-likeness (QED) is 0.325. The van der Waals surface area contributed by atoms with E-state index in [-0.39, 0.29) is 18.2 Å². The highest BCUT2D eigenvalue weighted by Crippen LogP contribution is 2.33. The lowest BCUT2D eigenvalue weighted by Crippen LogP contribution is -2.22. The Morgan fingerprint density at radius 1 is 1.03 bits per heavy atom. The molecule has 1 aromatic heterocycles. The molecule has 5 rings (SSSR count). The number of ether oxygens (including phenoxy) is 3. The third-order valence-electron chi connectivity index (χ3n) is 5.67. The Balaban J connectivity index is 1.32. The number of methoxy groups -OCH3 is 1. The molecule has 0 saturated heterocycles. The van der Waals surface area contributed by atoms with Gasteiger partial charge in [-0.2, -0.15) is 0 Å². The van der Waals surface area contributed by atoms with Crippen LogP contribution < -0.4 is 19.5 Å². The Morgan fingerprint density at radius 3 is 2.58 bits per heavy atom. The summed E-state index contributed by atoms with van der Waals surface area (Å²) in [4.78, 5) is 19.4. The van der Waals surface area contributed by atoms with Gasteiger partial charge < -0.3 is 19.5 Å². The number of carbonyl (C=O) groups is 1. The molecule has 1 aliphatic rings. The zero-order chi connectivity index (χ0) is 24.9. The average Bonchev–Trinajstić information content (AvgIpc) is 3.55. The number of para-hydroxylation sites is 1. The monoisotopic (exact) mass is 505 g/mol. The molecule has 9 heteroatoms. The van der Waals surface area contributed by atoms with Gasteiger partial charge in [0.15, 0.2) is 11.5 Å². The summed E-state index contributed by atoms with van der Waals surface area (Å²) >= 11 is 1.40. The molecule has 0 spiro atoms. The second-order valence-electron chi connectivity index (χ2n) is 8.24. The van der Waals surface area contributed by atoms with Crippen LogP contribution in [0.4, 0.5) is 10.1 Å². The molecule has 2 heterocycles. The molecule has 0 saturated carbocycles. The second-order valence-corrected chi connectivity index (χ2v) is 9.18. The van der Waals surface area contributed by atoms with Gasteiger partial charge in [-0.15, -0.1) is 11.3 Å². The highest BCUT2D eigenvalue weighted by Gasteiger charge is 2.18. The standard InChI is InChI=1S/C27H24FN3O4S/c1-33-20-9-6-18(7-10-20)13-31(14-19-8-11-24-25(12-19)35-17-34-24)15-26-29-23(16-36-26)27(32)30-22-5-3-2-4-21(22)28/h2-12,16H,13-15,17H2,1H3,(H,30,32). The molecule has 0 radical (unpaired) electrons. The molecule has 184 valence electrons. The lowest BCUT2D eigenvalue weighted by Gasteiger charge is -2.22. The van der Waals surface area contributed by atoms with Crippen LogP contribution in [-0.4, -0.2) is 29.7 Å². The molecule has 7 nitrogen and oxygen atoms in total. The number of hydrogen-bond acceptors (Lipinski definition) is 7. The fourth-order valence-corrected chi connectivity index (χ4v) is 4.70. The highest BCUT2D eigenvalue weighted by atomic mass is 32.1. The first-order valence-corrected chi connectivity index (χ1v) is 12.2. The number of fused-ring (bicyclic) bond motifs is 1. The lowest BCUT2D eigenvalue weighted by atomic mass is 10.1. The Morgan fingerprint density at radius 2 is 1.78 bits per heavy atom. The molecule has 36 heavy (non-hydrogen) atoms. The topological polar surface area (TPSA) is 72.9 Å². The first-order chi connectivity index (χ1) is 17.6. The van der Waals surface area contributed by atoms with E-state index >= 15 is 0 Å². The molecule has 0 bridgehead atoms. The number of hydrogen-bond donors (Lipinski definition) is 1. The van der Waals surface area contributed by atoms with Crippen LogP contribution in [0.1, 0.15) is 26.6 Å². The molecule has 4 aromatic rings. The number of rotatable bonds is 9. The van der Waals surface area contributed by atoms with Crippen molar-refractivity contribution in [2.75, 3.05) is 19.2 Å². The van der Waals surface area contributed by atoms with Gasteiger partial charge in [-0.3, -0.25) is 9.69 Å². The fraction of sp³-hybridized carbons (Fsp3) is 0.185. The van der Waals surface area contributed by atoms with Gasteiger partial charge in [-0.05, 0) is 47.5 Å². The predicted molar refractivity (Wildman–Crippen MR) is 135 cm³/mol. The minimum atomic E-state index is -0.490. The van der Waals surface area contributed by atoms with Crippen LogP contribution >= 0.6 is 11.3 Å². The van der Waals surface area contributed by atoms with E-state index in [4.69, 9.17) is 14.2 Å². The van der Waals surface area contributed by atoms with Gasteiger partial charge in [0.25, 0.3) is 5.91 Å². The zero-order valence-electron chi connectivity index (χ0n) is 19.6. The van der Waals surface area contributed by atoms with Crippen LogP contribution in [0.5, 0.6) is 17.2 Å². The summed E-state index contributed by atoms with van der Waals surface area (Å²) in [5, 5.41) is 5.06. The normalized spacial score (nSPS) is 12.1. The molecular formula is C27H24FN3O4S. The molecule has 0 atom stereocenters. The van der Waals surface area contributed by atoms with Crippen LogP contribution in [0.15, 0.2) is 72.1 Å². The molecule has 3 aromatic carbocycles. The maximum Gasteiger partial charge on any atom is 0.275 e. The molecule has 0 aliphatic carbocycles. The van der Waals surface area contributed by atoms with Crippen molar-refractivity contribution in [3.63, 3.8) is 0 Å². The smallest absolute Gasteiger partial charge is 0.275 e. The Kier molecular flexibility index (Phi) is 7.11. The number of nitrogens with one attached hydrogen (secondary N) is 1. The van der Waals surface area contributed by atoms with E-state index in [1.54, 1.807) is 24.6 Å². The van der Waals surface area contributed by atoms with E-state index < -0.39 is 11.7 Å². The maximum absolute atomic E-state index is 13.9. The first-order valence-electron chi connectivity index (χ1n) is 11.3. The van der Waals surface area contributed by atoms with E-state index in [9.17, 15) is 9.18 Å². The Bertz CT molecular complexity index is 1360. The number of carbonyl (C=O) groups excluding carboxylic acids is 1. The van der Waals surface area contributed by atoms with Gasteiger partial charge in [0.05, 0.1) is 19.3 Å². The van der Waals surface area contributed by atoms with E-state index in [1.165, 1.54) is 23.5 Å². The number of benzene rings is 3. The van der Waals surface area contributed by atoms with Gasteiger partial charge in [-0.25, -0.2) is 9.37 Å². The van der Waals surface area contributed by atoms with Crippen molar-refractivity contribution in [2.45, 2.75) is 19.6 Å². The van der Waals surface area contributed by atoms with E-state index in [0.717, 1.165) is 33.4 Å². The molecule has 0 fully saturated rings. The third kappa shape index (κ3) is 5.64. The first kappa shape index (κ1) is 23.8. The number of aromatic nitrogens is 1. The van der Waals surface area contributed by atoms with Gasteiger partial charge in [-0.1, -0.05) is 30.3 Å². The summed E-state index contributed by atoms with van der Waals surface area (Å²) < 4.78 is 30.2. The minimum absolute atomic E-state index is 0.126. The minimum Gasteiger partial charge on any atom is -0.497 e. The molecule has 0 unspecified atom stereocenters. The van der Waals surface area contributed by atoms with Crippen molar-refractivity contribution in [1.29, 1.82) is 0 Å². The van der Waals surface area contributed by atoms with Crippen molar-refractivity contribution < 1.29 is 23.4 Å². The van der Waals surface area contributed by atoms with E-state index in [1.807, 2.05) is 42.5 Å². The summed E-state index contributed by atoms with van der Waals surface area (Å²) in [5.74, 6) is 1.34. The maximum atomic E-state index is 13.9. The Hall–Kier alpha value is -3.95. The summed E-state index contributed by atoms with van der Waals surface area (Å²) in [6.45, 7) is 2.05. The lowest BCUT2D eigenvalue weighted by molar-refractivity contribution is 0.102. The molecule has 1 N–H and O–H groups in total. The fourth-order valence-electron chi connectivity index (χ4n) is 3.88. The number of amides is 1. The summed E-state index contributed by atoms with van der Waals surface area (Å²) in [6, 6.07) is 19.9. The van der Waals surface area contributed by atoms with Crippen molar-refractivity contribution in [3.8, 4) is 17.2 Å². The number of anilines is 1. The number of thiazole rings is 1. The van der Waals surface area contributed by atoms with Crippen molar-refractivity contribution in [3.05, 3.63) is 99.8 Å². The van der Waals surface area contributed by atoms with Crippen molar-refractivity contribution >= 4 is 22.9 Å². The number of nitrogens with zero attached hydrogens (tertiary/aromatic N) is 2. The highest BCUT2D eigenvalue weighted by molar-refractivity contribution is 7.09. The Labute approximate surface area is 212 Å². The average molecular weight is 506 g/mol. The van der Waals surface area contributed by atoms with Crippen molar-refractivity contribution in [2.24, 2.45) is 0 Å². The van der Waals surface area contributed by atoms with E-state index in [2.05, 4.69) is 15.2 Å².